The Kier molecular flexibility index (Phi) is 5.91. The number of hydrogen-bond acceptors (Lipinski definition) is 3. The van der Waals surface area contributed by atoms with E-state index in [9.17, 15) is 22.8 Å². The van der Waals surface area contributed by atoms with Gasteiger partial charge in [-0.3, -0.25) is 9.59 Å². The fraction of sp³-hybridized carbons (Fsp3) is 0.238. The highest BCUT2D eigenvalue weighted by Crippen LogP contribution is 2.26. The summed E-state index contributed by atoms with van der Waals surface area (Å²) >= 11 is 0. The SMILES string of the molecule is CCCN(CC(=O)Nc1ccc(F)c(F)c1F)C(=O)c1oc2ccccc2c1C. The predicted molar refractivity (Wildman–Crippen MR) is 102 cm³/mol. The largest absolute Gasteiger partial charge is 0.451 e. The van der Waals surface area contributed by atoms with Crippen molar-refractivity contribution in [2.75, 3.05) is 18.4 Å². The molecule has 1 heterocycles. The third-order valence-electron chi connectivity index (χ3n) is 4.46. The number of para-hydroxylation sites is 1. The van der Waals surface area contributed by atoms with Gasteiger partial charge in [0.25, 0.3) is 5.91 Å². The van der Waals surface area contributed by atoms with Crippen LogP contribution in [0.1, 0.15) is 29.5 Å². The van der Waals surface area contributed by atoms with Crippen molar-refractivity contribution in [2.24, 2.45) is 0 Å². The van der Waals surface area contributed by atoms with Gasteiger partial charge >= 0.3 is 0 Å². The molecule has 2 amide bonds. The molecule has 0 bridgehead atoms. The number of halogens is 3. The van der Waals surface area contributed by atoms with E-state index in [0.29, 0.717) is 23.6 Å². The van der Waals surface area contributed by atoms with Gasteiger partial charge in [0, 0.05) is 17.5 Å². The molecule has 0 saturated carbocycles. The Bertz CT molecular complexity index is 1080. The van der Waals surface area contributed by atoms with E-state index in [1.54, 1.807) is 19.1 Å². The first-order chi connectivity index (χ1) is 13.8. The summed E-state index contributed by atoms with van der Waals surface area (Å²) in [5.41, 5.74) is 0.703. The van der Waals surface area contributed by atoms with Crippen molar-refractivity contribution in [3.8, 4) is 0 Å². The maximum absolute atomic E-state index is 13.8. The number of carbonyl (C=O) groups is 2. The number of aryl methyl sites for hydroxylation is 1. The van der Waals surface area contributed by atoms with Crippen LogP contribution >= 0.6 is 0 Å². The molecule has 0 aliphatic carbocycles. The fourth-order valence-electron chi connectivity index (χ4n) is 3.03. The number of anilines is 1. The maximum Gasteiger partial charge on any atom is 0.290 e. The highest BCUT2D eigenvalue weighted by atomic mass is 19.2. The van der Waals surface area contributed by atoms with Crippen molar-refractivity contribution in [1.29, 1.82) is 0 Å². The predicted octanol–water partition coefficient (Wildman–Crippen LogP) is 4.65. The van der Waals surface area contributed by atoms with Gasteiger partial charge in [0.15, 0.2) is 23.2 Å². The highest BCUT2D eigenvalue weighted by molar-refractivity contribution is 6.01. The summed E-state index contributed by atoms with van der Waals surface area (Å²) in [6.45, 7) is 3.43. The van der Waals surface area contributed by atoms with Crippen LogP contribution in [0, 0.1) is 24.4 Å². The average Bonchev–Trinajstić information content (AvgIpc) is 3.04. The van der Waals surface area contributed by atoms with Crippen molar-refractivity contribution in [3.63, 3.8) is 0 Å². The zero-order valence-corrected chi connectivity index (χ0v) is 15.9. The zero-order valence-electron chi connectivity index (χ0n) is 15.9. The lowest BCUT2D eigenvalue weighted by molar-refractivity contribution is -0.116. The molecule has 3 aromatic rings. The van der Waals surface area contributed by atoms with Gasteiger partial charge in [0.1, 0.15) is 12.1 Å². The minimum atomic E-state index is -1.68. The molecule has 0 saturated heterocycles. The number of amides is 2. The van der Waals surface area contributed by atoms with Crippen molar-refractivity contribution >= 4 is 28.5 Å². The normalized spacial score (nSPS) is 10.9. The number of hydrogen-bond donors (Lipinski definition) is 1. The van der Waals surface area contributed by atoms with E-state index in [2.05, 4.69) is 5.32 Å². The standard InChI is InChI=1S/C21H19F3N2O3/c1-3-10-26(11-17(27)25-15-9-8-14(22)18(23)19(15)24)21(28)20-12(2)13-6-4-5-7-16(13)29-20/h4-9H,3,10-11H2,1-2H3,(H,25,27). The van der Waals surface area contributed by atoms with Crippen molar-refractivity contribution < 1.29 is 27.2 Å². The van der Waals surface area contributed by atoms with Gasteiger partial charge < -0.3 is 14.6 Å². The van der Waals surface area contributed by atoms with Gasteiger partial charge in [0.05, 0.1) is 5.69 Å². The molecule has 0 aliphatic heterocycles. The van der Waals surface area contributed by atoms with Crippen LogP contribution in [0.25, 0.3) is 11.0 Å². The van der Waals surface area contributed by atoms with Gasteiger partial charge in [-0.2, -0.15) is 0 Å². The molecule has 5 nitrogen and oxygen atoms in total. The monoisotopic (exact) mass is 404 g/mol. The zero-order chi connectivity index (χ0) is 21.1. The van der Waals surface area contributed by atoms with Crippen LogP contribution in [-0.4, -0.2) is 29.8 Å². The first-order valence-electron chi connectivity index (χ1n) is 9.04. The molecule has 0 aliphatic rings. The van der Waals surface area contributed by atoms with Crippen LogP contribution < -0.4 is 5.32 Å². The summed E-state index contributed by atoms with van der Waals surface area (Å²) in [5, 5.41) is 2.96. The van der Waals surface area contributed by atoms with E-state index >= 15 is 0 Å². The van der Waals surface area contributed by atoms with E-state index in [4.69, 9.17) is 4.42 Å². The molecule has 0 unspecified atom stereocenters. The second kappa shape index (κ2) is 8.38. The minimum Gasteiger partial charge on any atom is -0.451 e. The van der Waals surface area contributed by atoms with E-state index in [1.165, 1.54) is 4.90 Å². The van der Waals surface area contributed by atoms with Gasteiger partial charge in [0.2, 0.25) is 5.91 Å². The van der Waals surface area contributed by atoms with Crippen molar-refractivity contribution in [1.82, 2.24) is 4.90 Å². The molecule has 2 aromatic carbocycles. The molecule has 29 heavy (non-hydrogen) atoms. The second-order valence-corrected chi connectivity index (χ2v) is 6.55. The summed E-state index contributed by atoms with van der Waals surface area (Å²) in [6, 6.07) is 8.80. The van der Waals surface area contributed by atoms with E-state index in [1.807, 2.05) is 19.1 Å². The first kappa shape index (κ1) is 20.4. The van der Waals surface area contributed by atoms with Crippen LogP contribution in [-0.2, 0) is 4.79 Å². The summed E-state index contributed by atoms with van der Waals surface area (Å²) in [5.74, 6) is -5.65. The Balaban J connectivity index is 1.80. The Morgan fingerprint density at radius 1 is 1.07 bits per heavy atom. The van der Waals surface area contributed by atoms with E-state index < -0.39 is 41.5 Å². The smallest absolute Gasteiger partial charge is 0.290 e. The Morgan fingerprint density at radius 2 is 1.79 bits per heavy atom. The Labute approximate surface area is 165 Å². The van der Waals surface area contributed by atoms with E-state index in [0.717, 1.165) is 11.5 Å². The lowest BCUT2D eigenvalue weighted by Crippen LogP contribution is -2.38. The molecule has 152 valence electrons. The van der Waals surface area contributed by atoms with Gasteiger partial charge in [-0.15, -0.1) is 0 Å². The van der Waals surface area contributed by atoms with E-state index in [-0.39, 0.29) is 12.3 Å². The number of benzene rings is 2. The Morgan fingerprint density at radius 3 is 2.48 bits per heavy atom. The average molecular weight is 404 g/mol. The molecule has 0 fully saturated rings. The number of nitrogens with zero attached hydrogens (tertiary/aromatic N) is 1. The number of carbonyl (C=O) groups excluding carboxylic acids is 2. The van der Waals surface area contributed by atoms with Crippen molar-refractivity contribution in [3.05, 3.63) is 65.2 Å². The maximum atomic E-state index is 13.8. The lowest BCUT2D eigenvalue weighted by Gasteiger charge is -2.21. The topological polar surface area (TPSA) is 62.6 Å². The minimum absolute atomic E-state index is 0.117. The van der Waals surface area contributed by atoms with Crippen LogP contribution in [0.4, 0.5) is 18.9 Å². The van der Waals surface area contributed by atoms with Crippen LogP contribution in [0.3, 0.4) is 0 Å². The van der Waals surface area contributed by atoms with Crippen LogP contribution in [0.15, 0.2) is 40.8 Å². The molecular weight excluding hydrogens is 385 g/mol. The second-order valence-electron chi connectivity index (χ2n) is 6.55. The number of rotatable bonds is 6. The van der Waals surface area contributed by atoms with Crippen LogP contribution in [0.5, 0.6) is 0 Å². The molecule has 0 spiro atoms. The van der Waals surface area contributed by atoms with Gasteiger partial charge in [-0.25, -0.2) is 13.2 Å². The molecule has 1 aromatic heterocycles. The molecule has 8 heteroatoms. The summed E-state index contributed by atoms with van der Waals surface area (Å²) in [7, 11) is 0. The third-order valence-corrected chi connectivity index (χ3v) is 4.46. The highest BCUT2D eigenvalue weighted by Gasteiger charge is 2.25. The molecular formula is C21H19F3N2O3. The summed E-state index contributed by atoms with van der Waals surface area (Å²) < 4.78 is 45.8. The summed E-state index contributed by atoms with van der Waals surface area (Å²) in [4.78, 5) is 26.5. The fourth-order valence-corrected chi connectivity index (χ4v) is 3.03. The Hall–Kier alpha value is -3.29. The quantitative estimate of drug-likeness (QED) is 0.609. The summed E-state index contributed by atoms with van der Waals surface area (Å²) in [6.07, 6.45) is 0.567. The number of fused-ring (bicyclic) bond motifs is 1. The third kappa shape index (κ3) is 4.11. The first-order valence-corrected chi connectivity index (χ1v) is 9.04. The van der Waals surface area contributed by atoms with Crippen molar-refractivity contribution in [2.45, 2.75) is 20.3 Å². The molecule has 3 rings (SSSR count). The van der Waals surface area contributed by atoms with Gasteiger partial charge in [-0.1, -0.05) is 25.1 Å². The number of nitrogens with one attached hydrogen (secondary N) is 1. The van der Waals surface area contributed by atoms with Gasteiger partial charge in [-0.05, 0) is 31.5 Å². The number of furan rings is 1. The molecule has 0 radical (unpaired) electrons. The molecule has 1 N–H and O–H groups in total. The molecule has 0 atom stereocenters. The lowest BCUT2D eigenvalue weighted by atomic mass is 10.1. The van der Waals surface area contributed by atoms with Crippen LogP contribution in [0.2, 0.25) is 0 Å².